The van der Waals surface area contributed by atoms with E-state index in [1.54, 1.807) is 15.6 Å². The molecule has 0 aliphatic carbocycles. The number of ether oxygens (including phenoxy) is 1. The fraction of sp³-hybridized carbons (Fsp3) is 0.458. The van der Waals surface area contributed by atoms with E-state index in [0.717, 1.165) is 29.8 Å². The number of halogens is 2. The van der Waals surface area contributed by atoms with Crippen molar-refractivity contribution in [3.8, 4) is 5.75 Å². The van der Waals surface area contributed by atoms with Crippen LogP contribution in [0.3, 0.4) is 0 Å². The Bertz CT molecular complexity index is 1260. The Morgan fingerprint density at radius 1 is 1.21 bits per heavy atom. The van der Waals surface area contributed by atoms with Crippen LogP contribution in [-0.4, -0.2) is 55.5 Å². The average molecular weight is 470 g/mol. The minimum Gasteiger partial charge on any atom is -0.489 e. The molecule has 5 heterocycles. The number of aryl methyl sites for hydroxylation is 1. The summed E-state index contributed by atoms with van der Waals surface area (Å²) in [5.74, 6) is -0.271. The summed E-state index contributed by atoms with van der Waals surface area (Å²) in [6.45, 7) is 2.64. The number of hydrogen-bond acceptors (Lipinski definition) is 5. The van der Waals surface area contributed by atoms with Gasteiger partial charge in [-0.15, -0.1) is 0 Å². The molecule has 2 saturated heterocycles. The molecule has 3 aliphatic rings. The first-order valence-electron chi connectivity index (χ1n) is 11.4. The molecule has 0 saturated carbocycles. The predicted octanol–water partition coefficient (Wildman–Crippen LogP) is 3.99. The Hall–Kier alpha value is -2.71. The molecule has 3 atom stereocenters. The van der Waals surface area contributed by atoms with Crippen LogP contribution in [0.15, 0.2) is 24.4 Å². The zero-order chi connectivity index (χ0) is 22.9. The Balaban J connectivity index is 1.25. The second kappa shape index (κ2) is 7.67. The molecule has 172 valence electrons. The molecule has 1 unspecified atom stereocenters. The maximum atomic E-state index is 14.1. The van der Waals surface area contributed by atoms with Gasteiger partial charge >= 0.3 is 0 Å². The number of amides is 1. The molecule has 3 aliphatic heterocycles. The van der Waals surface area contributed by atoms with E-state index in [9.17, 15) is 9.18 Å². The molecule has 0 spiro atoms. The molecular weight excluding hydrogens is 445 g/mol. The van der Waals surface area contributed by atoms with Crippen LogP contribution in [0.25, 0.3) is 5.65 Å². The lowest BCUT2D eigenvalue weighted by Gasteiger charge is -2.36. The number of carbonyl (C=O) groups is 1. The van der Waals surface area contributed by atoms with E-state index in [2.05, 4.69) is 22.0 Å². The zero-order valence-corrected chi connectivity index (χ0v) is 19.3. The van der Waals surface area contributed by atoms with E-state index < -0.39 is 5.82 Å². The highest BCUT2D eigenvalue weighted by atomic mass is 35.5. The van der Waals surface area contributed by atoms with Gasteiger partial charge in [-0.1, -0.05) is 11.6 Å². The molecule has 6 rings (SSSR count). The summed E-state index contributed by atoms with van der Waals surface area (Å²) >= 11 is 6.17. The third kappa shape index (κ3) is 3.38. The van der Waals surface area contributed by atoms with E-state index in [-0.39, 0.29) is 12.0 Å². The number of aromatic nitrogens is 3. The van der Waals surface area contributed by atoms with E-state index >= 15 is 0 Å². The number of carbonyl (C=O) groups excluding carboxylic acids is 1. The molecule has 7 nitrogen and oxygen atoms in total. The van der Waals surface area contributed by atoms with Crippen LogP contribution in [0.1, 0.15) is 53.0 Å². The molecule has 3 aromatic rings. The highest BCUT2D eigenvalue weighted by Crippen LogP contribution is 2.37. The van der Waals surface area contributed by atoms with E-state index in [0.29, 0.717) is 47.2 Å². The van der Waals surface area contributed by atoms with Crippen molar-refractivity contribution >= 4 is 23.2 Å². The van der Waals surface area contributed by atoms with Crippen LogP contribution >= 0.6 is 11.6 Å². The van der Waals surface area contributed by atoms with Gasteiger partial charge in [0.2, 0.25) is 0 Å². The topological polar surface area (TPSA) is 63.0 Å². The van der Waals surface area contributed by atoms with Crippen molar-refractivity contribution in [3.05, 3.63) is 57.8 Å². The monoisotopic (exact) mass is 469 g/mol. The van der Waals surface area contributed by atoms with E-state index in [1.165, 1.54) is 31.0 Å². The average Bonchev–Trinajstić information content (AvgIpc) is 3.40. The highest BCUT2D eigenvalue weighted by molar-refractivity contribution is 6.31. The van der Waals surface area contributed by atoms with Gasteiger partial charge in [-0.2, -0.15) is 5.10 Å². The second-order valence-corrected chi connectivity index (χ2v) is 9.82. The SMILES string of the molecule is Cc1c(Cl)cnc2c3c(nn12)CN(C(=O)c1ccc(F)cc1OC1C[C@H]2CC[C@@H](C1)N2C)C3. The number of fused-ring (bicyclic) bond motifs is 5. The van der Waals surface area contributed by atoms with Gasteiger partial charge < -0.3 is 14.5 Å². The van der Waals surface area contributed by atoms with Crippen molar-refractivity contribution < 1.29 is 13.9 Å². The summed E-state index contributed by atoms with van der Waals surface area (Å²) in [4.78, 5) is 22.0. The Labute approximate surface area is 196 Å². The van der Waals surface area contributed by atoms with Crippen molar-refractivity contribution in [1.29, 1.82) is 0 Å². The number of piperidine rings is 1. The number of hydrogen-bond donors (Lipinski definition) is 0. The molecule has 2 aromatic heterocycles. The summed E-state index contributed by atoms with van der Waals surface area (Å²) in [7, 11) is 2.17. The minimum absolute atomic E-state index is 0.0102. The molecule has 9 heteroatoms. The van der Waals surface area contributed by atoms with Crippen molar-refractivity contribution in [2.24, 2.45) is 0 Å². The lowest BCUT2D eigenvalue weighted by atomic mass is 10.0. The Kier molecular flexibility index (Phi) is 4.85. The summed E-state index contributed by atoms with van der Waals surface area (Å²) in [5.41, 5.74) is 3.63. The maximum Gasteiger partial charge on any atom is 0.258 e. The minimum atomic E-state index is -0.406. The van der Waals surface area contributed by atoms with Gasteiger partial charge in [0, 0.05) is 29.9 Å². The van der Waals surface area contributed by atoms with Gasteiger partial charge in [0.15, 0.2) is 5.65 Å². The lowest BCUT2D eigenvalue weighted by Crippen LogP contribution is -2.44. The van der Waals surface area contributed by atoms with Crippen molar-refractivity contribution in [2.45, 2.75) is 63.9 Å². The quantitative estimate of drug-likeness (QED) is 0.580. The normalized spacial score (nSPS) is 24.5. The van der Waals surface area contributed by atoms with Gasteiger partial charge in [-0.25, -0.2) is 13.9 Å². The summed E-state index contributed by atoms with van der Waals surface area (Å²) < 4.78 is 22.1. The largest absolute Gasteiger partial charge is 0.489 e. The first-order chi connectivity index (χ1) is 15.9. The van der Waals surface area contributed by atoms with Gasteiger partial charge in [0.05, 0.1) is 35.1 Å². The standard InChI is InChI=1S/C24H25ClFN5O2/c1-13-20(25)10-27-23-19-11-30(12-21(19)28-31(13)23)24(32)18-6-3-14(26)7-22(18)33-17-8-15-4-5-16(9-17)29(15)2/h3,6-7,10,15-17H,4-5,8-9,11-12H2,1-2H3/t15-,16+,17?. The maximum absolute atomic E-state index is 14.1. The van der Waals surface area contributed by atoms with Gasteiger partial charge in [-0.05, 0) is 51.8 Å². The molecular formula is C24H25ClFN5O2. The molecule has 1 amide bonds. The van der Waals surface area contributed by atoms with Crippen LogP contribution in [0.4, 0.5) is 4.39 Å². The number of rotatable bonds is 3. The van der Waals surface area contributed by atoms with Crippen LogP contribution < -0.4 is 4.74 Å². The fourth-order valence-corrected chi connectivity index (χ4v) is 5.73. The molecule has 2 bridgehead atoms. The molecule has 33 heavy (non-hydrogen) atoms. The van der Waals surface area contributed by atoms with Crippen molar-refractivity contribution in [1.82, 2.24) is 24.4 Å². The first kappa shape index (κ1) is 20.9. The fourth-order valence-electron chi connectivity index (χ4n) is 5.60. The number of benzene rings is 1. The van der Waals surface area contributed by atoms with E-state index in [1.807, 2.05) is 6.92 Å². The van der Waals surface area contributed by atoms with Crippen LogP contribution in [0, 0.1) is 12.7 Å². The predicted molar refractivity (Wildman–Crippen MR) is 121 cm³/mol. The molecule has 0 radical (unpaired) electrons. The van der Waals surface area contributed by atoms with Crippen LogP contribution in [0.5, 0.6) is 5.75 Å². The molecule has 2 fully saturated rings. The van der Waals surface area contributed by atoms with Crippen LogP contribution in [-0.2, 0) is 13.1 Å². The third-order valence-corrected chi connectivity index (χ3v) is 7.87. The smallest absolute Gasteiger partial charge is 0.258 e. The second-order valence-electron chi connectivity index (χ2n) is 9.42. The summed E-state index contributed by atoms with van der Waals surface area (Å²) in [6, 6.07) is 5.18. The first-order valence-corrected chi connectivity index (χ1v) is 11.8. The summed E-state index contributed by atoms with van der Waals surface area (Å²) in [5, 5.41) is 5.17. The van der Waals surface area contributed by atoms with Gasteiger partial charge in [0.25, 0.3) is 5.91 Å². The third-order valence-electron chi connectivity index (χ3n) is 7.50. The number of nitrogens with zero attached hydrogens (tertiary/aromatic N) is 5. The van der Waals surface area contributed by atoms with Crippen LogP contribution in [0.2, 0.25) is 5.02 Å². The lowest BCUT2D eigenvalue weighted by molar-refractivity contribution is 0.0622. The molecule has 0 N–H and O–H groups in total. The highest BCUT2D eigenvalue weighted by Gasteiger charge is 2.40. The van der Waals surface area contributed by atoms with Gasteiger partial charge in [-0.3, -0.25) is 4.79 Å². The summed E-state index contributed by atoms with van der Waals surface area (Å²) in [6.07, 6.45) is 5.74. The van der Waals surface area contributed by atoms with E-state index in [4.69, 9.17) is 16.3 Å². The van der Waals surface area contributed by atoms with Gasteiger partial charge in [0.1, 0.15) is 17.7 Å². The Morgan fingerprint density at radius 2 is 1.97 bits per heavy atom. The zero-order valence-electron chi connectivity index (χ0n) is 18.6. The Morgan fingerprint density at radius 3 is 2.73 bits per heavy atom. The molecule has 1 aromatic carbocycles. The van der Waals surface area contributed by atoms with Crippen molar-refractivity contribution in [3.63, 3.8) is 0 Å². The van der Waals surface area contributed by atoms with Crippen molar-refractivity contribution in [2.75, 3.05) is 7.05 Å².